The van der Waals surface area contributed by atoms with Gasteiger partial charge in [0.2, 0.25) is 0 Å². The molecule has 6 heteroatoms. The van der Waals surface area contributed by atoms with Gasteiger partial charge in [0.15, 0.2) is 0 Å². The molecule has 0 saturated heterocycles. The van der Waals surface area contributed by atoms with E-state index in [4.69, 9.17) is 5.11 Å². The summed E-state index contributed by atoms with van der Waals surface area (Å²) in [5.74, 6) is -2.55. The lowest BCUT2D eigenvalue weighted by molar-refractivity contribution is -0.142. The van der Waals surface area contributed by atoms with Gasteiger partial charge >= 0.3 is 12.1 Å². The molecule has 0 saturated carbocycles. The van der Waals surface area contributed by atoms with E-state index < -0.39 is 29.3 Å². The van der Waals surface area contributed by atoms with Gasteiger partial charge in [-0.15, -0.1) is 0 Å². The van der Waals surface area contributed by atoms with Gasteiger partial charge in [-0.1, -0.05) is 13.8 Å². The number of aliphatic carboxylic acids is 1. The number of alkyl halides is 3. The molecule has 0 fully saturated rings. The molecule has 1 aromatic rings. The number of rotatable bonds is 4. The SMILES string of the molecule is CC(C)CC(C(=O)O)c1ncccc1C(F)(F)F. The molecule has 0 amide bonds. The highest BCUT2D eigenvalue weighted by Crippen LogP contribution is 2.35. The van der Waals surface area contributed by atoms with Gasteiger partial charge in [0.25, 0.3) is 0 Å². The zero-order valence-electron chi connectivity index (χ0n) is 10.0. The molecule has 0 bridgehead atoms. The Bertz CT molecular complexity index is 430. The zero-order valence-corrected chi connectivity index (χ0v) is 10.0. The number of carboxylic acid groups (broad SMARTS) is 1. The van der Waals surface area contributed by atoms with Crippen molar-refractivity contribution in [1.29, 1.82) is 0 Å². The average Bonchev–Trinajstić information content (AvgIpc) is 2.24. The molecule has 0 aliphatic rings. The van der Waals surface area contributed by atoms with E-state index in [0.29, 0.717) is 0 Å². The van der Waals surface area contributed by atoms with Crippen LogP contribution in [0.1, 0.15) is 37.4 Å². The van der Waals surface area contributed by atoms with Gasteiger partial charge in [-0.05, 0) is 24.5 Å². The smallest absolute Gasteiger partial charge is 0.418 e. The standard InChI is InChI=1S/C12H14F3NO2/c1-7(2)6-8(11(17)18)10-9(12(13,14)15)4-3-5-16-10/h3-5,7-8H,6H2,1-2H3,(H,17,18). The lowest BCUT2D eigenvalue weighted by atomic mass is 9.91. The van der Waals surface area contributed by atoms with Crippen LogP contribution in [0.3, 0.4) is 0 Å². The minimum Gasteiger partial charge on any atom is -0.481 e. The minimum absolute atomic E-state index is 0.0332. The maximum absolute atomic E-state index is 12.8. The predicted octanol–water partition coefficient (Wildman–Crippen LogP) is 3.31. The van der Waals surface area contributed by atoms with E-state index in [1.165, 1.54) is 6.20 Å². The molecule has 18 heavy (non-hydrogen) atoms. The highest BCUT2D eigenvalue weighted by atomic mass is 19.4. The zero-order chi connectivity index (χ0) is 13.9. The first kappa shape index (κ1) is 14.5. The van der Waals surface area contributed by atoms with Crippen molar-refractivity contribution < 1.29 is 23.1 Å². The Hall–Kier alpha value is -1.59. The molecule has 1 atom stereocenters. The fourth-order valence-corrected chi connectivity index (χ4v) is 1.74. The number of aromatic nitrogens is 1. The first-order valence-electron chi connectivity index (χ1n) is 5.48. The summed E-state index contributed by atoms with van der Waals surface area (Å²) in [5.41, 5.74) is -1.38. The molecule has 1 N–H and O–H groups in total. The van der Waals surface area contributed by atoms with E-state index in [0.717, 1.165) is 12.1 Å². The molecule has 0 spiro atoms. The van der Waals surface area contributed by atoms with Crippen molar-refractivity contribution in [2.45, 2.75) is 32.4 Å². The van der Waals surface area contributed by atoms with Crippen molar-refractivity contribution in [3.63, 3.8) is 0 Å². The second kappa shape index (κ2) is 5.37. The van der Waals surface area contributed by atoms with Crippen LogP contribution >= 0.6 is 0 Å². The number of carboxylic acids is 1. The number of pyridine rings is 1. The lowest BCUT2D eigenvalue weighted by Crippen LogP contribution is -2.20. The molecular weight excluding hydrogens is 247 g/mol. The molecule has 0 radical (unpaired) electrons. The van der Waals surface area contributed by atoms with Gasteiger partial charge in [0, 0.05) is 6.20 Å². The van der Waals surface area contributed by atoms with Crippen LogP contribution in [0.2, 0.25) is 0 Å². The highest BCUT2D eigenvalue weighted by Gasteiger charge is 2.37. The van der Waals surface area contributed by atoms with Gasteiger partial charge in [-0.2, -0.15) is 13.2 Å². The van der Waals surface area contributed by atoms with Gasteiger partial charge in [0.1, 0.15) is 0 Å². The lowest BCUT2D eigenvalue weighted by Gasteiger charge is -2.18. The van der Waals surface area contributed by atoms with Crippen molar-refractivity contribution in [2.75, 3.05) is 0 Å². The molecule has 3 nitrogen and oxygen atoms in total. The number of carbonyl (C=O) groups is 1. The predicted molar refractivity (Wildman–Crippen MR) is 59.1 cm³/mol. The van der Waals surface area contributed by atoms with Crippen molar-refractivity contribution in [1.82, 2.24) is 4.98 Å². The fraction of sp³-hybridized carbons (Fsp3) is 0.500. The molecule has 1 unspecified atom stereocenters. The van der Waals surface area contributed by atoms with Gasteiger partial charge in [0.05, 0.1) is 17.2 Å². The van der Waals surface area contributed by atoms with E-state index in [1.807, 2.05) is 0 Å². The molecular formula is C12H14F3NO2. The van der Waals surface area contributed by atoms with Gasteiger partial charge < -0.3 is 5.11 Å². The number of hydrogen-bond acceptors (Lipinski definition) is 2. The summed E-state index contributed by atoms with van der Waals surface area (Å²) in [6.07, 6.45) is -3.29. The van der Waals surface area contributed by atoms with Crippen molar-refractivity contribution in [2.24, 2.45) is 5.92 Å². The maximum Gasteiger partial charge on any atom is 0.418 e. The summed E-state index contributed by atoms with van der Waals surface area (Å²) in [5, 5.41) is 9.06. The minimum atomic E-state index is -4.59. The van der Waals surface area contributed by atoms with Crippen LogP contribution in [0, 0.1) is 5.92 Å². The van der Waals surface area contributed by atoms with Crippen LogP contribution in [0.4, 0.5) is 13.2 Å². The second-order valence-electron chi connectivity index (χ2n) is 4.45. The highest BCUT2D eigenvalue weighted by molar-refractivity contribution is 5.76. The summed E-state index contributed by atoms with van der Waals surface area (Å²) in [6, 6.07) is 2.01. The third kappa shape index (κ3) is 3.45. The maximum atomic E-state index is 12.8. The molecule has 1 heterocycles. The Morgan fingerprint density at radius 2 is 2.06 bits per heavy atom. The molecule has 100 valence electrons. The summed E-state index contributed by atoms with van der Waals surface area (Å²) >= 11 is 0. The molecule has 0 aliphatic heterocycles. The first-order chi connectivity index (χ1) is 8.23. The van der Waals surface area contributed by atoms with Crippen molar-refractivity contribution in [3.8, 4) is 0 Å². The summed E-state index contributed by atoms with van der Waals surface area (Å²) in [6.45, 7) is 3.51. The van der Waals surface area contributed by atoms with Crippen LogP contribution in [-0.4, -0.2) is 16.1 Å². The third-order valence-corrected chi connectivity index (χ3v) is 2.48. The summed E-state index contributed by atoms with van der Waals surface area (Å²) < 4.78 is 38.3. The Balaban J connectivity index is 3.24. The van der Waals surface area contributed by atoms with Crippen molar-refractivity contribution in [3.05, 3.63) is 29.6 Å². The van der Waals surface area contributed by atoms with E-state index >= 15 is 0 Å². The van der Waals surface area contributed by atoms with Crippen molar-refractivity contribution >= 4 is 5.97 Å². The van der Waals surface area contributed by atoms with E-state index in [-0.39, 0.29) is 12.3 Å². The van der Waals surface area contributed by atoms with Gasteiger partial charge in [-0.3, -0.25) is 9.78 Å². The second-order valence-corrected chi connectivity index (χ2v) is 4.45. The number of halogens is 3. The Morgan fingerprint density at radius 3 is 2.50 bits per heavy atom. The topological polar surface area (TPSA) is 50.2 Å². The molecule has 1 rings (SSSR count). The third-order valence-electron chi connectivity index (χ3n) is 2.48. The van der Waals surface area contributed by atoms with Crippen LogP contribution in [0.25, 0.3) is 0 Å². The molecule has 1 aromatic heterocycles. The Kier molecular flexibility index (Phi) is 4.32. The first-order valence-corrected chi connectivity index (χ1v) is 5.48. The van der Waals surface area contributed by atoms with Crippen LogP contribution < -0.4 is 0 Å². The largest absolute Gasteiger partial charge is 0.481 e. The number of hydrogen-bond donors (Lipinski definition) is 1. The molecule has 0 aromatic carbocycles. The van der Waals surface area contributed by atoms with Crippen LogP contribution in [0.5, 0.6) is 0 Å². The fourth-order valence-electron chi connectivity index (χ4n) is 1.74. The average molecular weight is 261 g/mol. The normalized spacial score (nSPS) is 13.7. The molecule has 0 aliphatic carbocycles. The van der Waals surface area contributed by atoms with Crippen LogP contribution in [-0.2, 0) is 11.0 Å². The quantitative estimate of drug-likeness (QED) is 0.904. The van der Waals surface area contributed by atoms with Crippen LogP contribution in [0.15, 0.2) is 18.3 Å². The Morgan fingerprint density at radius 1 is 1.44 bits per heavy atom. The monoisotopic (exact) mass is 261 g/mol. The summed E-state index contributed by atoms with van der Waals surface area (Å²) in [7, 11) is 0. The summed E-state index contributed by atoms with van der Waals surface area (Å²) in [4.78, 5) is 14.7. The number of nitrogens with zero attached hydrogens (tertiary/aromatic N) is 1. The van der Waals surface area contributed by atoms with E-state index in [9.17, 15) is 18.0 Å². The van der Waals surface area contributed by atoms with Gasteiger partial charge in [-0.25, -0.2) is 0 Å². The Labute approximate surface area is 103 Å². The van der Waals surface area contributed by atoms with E-state index in [2.05, 4.69) is 4.98 Å². The van der Waals surface area contributed by atoms with E-state index in [1.54, 1.807) is 13.8 Å².